The maximum Gasteiger partial charge on any atom is 0.439 e. The maximum absolute atomic E-state index is 10.9. The number of rotatable bonds is 2. The van der Waals surface area contributed by atoms with Gasteiger partial charge in [-0.15, -0.1) is 0 Å². The number of hydrogen-bond acceptors (Lipinski definition) is 6. The first kappa shape index (κ1) is 10.3. The summed E-state index contributed by atoms with van der Waals surface area (Å²) in [5.41, 5.74) is 1.55. The molecule has 0 spiro atoms. The van der Waals surface area contributed by atoms with Crippen molar-refractivity contribution in [3.8, 4) is 22.9 Å². The van der Waals surface area contributed by atoms with Crippen molar-refractivity contribution < 1.29 is 4.52 Å². The first-order valence-corrected chi connectivity index (χ1v) is 5.13. The molecule has 0 saturated heterocycles. The van der Waals surface area contributed by atoms with E-state index in [4.69, 9.17) is 0 Å². The molecule has 1 N–H and O–H groups in total. The molecule has 18 heavy (non-hydrogen) atoms. The van der Waals surface area contributed by atoms with Crippen LogP contribution in [0.5, 0.6) is 0 Å². The van der Waals surface area contributed by atoms with Crippen LogP contribution in [0.25, 0.3) is 22.9 Å². The van der Waals surface area contributed by atoms with Gasteiger partial charge in [-0.1, -0.05) is 5.16 Å². The van der Waals surface area contributed by atoms with E-state index in [1.165, 1.54) is 0 Å². The third kappa shape index (κ3) is 1.88. The highest BCUT2D eigenvalue weighted by atomic mass is 16.5. The lowest BCUT2D eigenvalue weighted by Crippen LogP contribution is -1.97. The molecule has 0 fully saturated rings. The number of aromatic nitrogens is 5. The zero-order valence-corrected chi connectivity index (χ0v) is 9.07. The smallest absolute Gasteiger partial charge is 0.295 e. The second-order valence-electron chi connectivity index (χ2n) is 3.45. The molecule has 7 nitrogen and oxygen atoms in total. The zero-order chi connectivity index (χ0) is 12.4. The van der Waals surface area contributed by atoms with E-state index in [1.54, 1.807) is 24.7 Å². The SMILES string of the molecule is O=c1[nH]c(-c2nccc(-c3cccnc3)n2)no1. The minimum absolute atomic E-state index is 0.200. The summed E-state index contributed by atoms with van der Waals surface area (Å²) < 4.78 is 4.41. The lowest BCUT2D eigenvalue weighted by atomic mass is 10.2. The summed E-state index contributed by atoms with van der Waals surface area (Å²) in [5, 5.41) is 3.54. The molecule has 0 radical (unpaired) electrons. The Labute approximate surface area is 101 Å². The van der Waals surface area contributed by atoms with Gasteiger partial charge in [-0.25, -0.2) is 14.8 Å². The van der Waals surface area contributed by atoms with E-state index >= 15 is 0 Å². The molecule has 88 valence electrons. The average molecular weight is 241 g/mol. The summed E-state index contributed by atoms with van der Waals surface area (Å²) in [6.07, 6.45) is 4.95. The highest BCUT2D eigenvalue weighted by Gasteiger charge is 2.09. The number of H-pyrrole nitrogens is 1. The molecule has 0 aliphatic heterocycles. The van der Waals surface area contributed by atoms with E-state index in [-0.39, 0.29) is 5.82 Å². The highest BCUT2D eigenvalue weighted by molar-refractivity contribution is 5.59. The van der Waals surface area contributed by atoms with Gasteiger partial charge in [0.25, 0.3) is 0 Å². The van der Waals surface area contributed by atoms with Crippen LogP contribution in [0, 0.1) is 0 Å². The Morgan fingerprint density at radius 2 is 2.17 bits per heavy atom. The standard InChI is InChI=1S/C11H7N5O2/c17-11-15-10(16-18-11)9-13-5-3-8(14-9)7-2-1-4-12-6-7/h1-6H,(H,15,16,17). The quantitative estimate of drug-likeness (QED) is 0.715. The molecule has 7 heteroatoms. The summed E-state index contributed by atoms with van der Waals surface area (Å²) in [6.45, 7) is 0. The Morgan fingerprint density at radius 1 is 1.22 bits per heavy atom. The van der Waals surface area contributed by atoms with Gasteiger partial charge in [0.05, 0.1) is 5.69 Å². The average Bonchev–Trinajstić information content (AvgIpc) is 2.87. The van der Waals surface area contributed by atoms with Gasteiger partial charge in [0.2, 0.25) is 5.82 Å². The molecule has 0 aliphatic carbocycles. The van der Waals surface area contributed by atoms with Crippen molar-refractivity contribution in [2.45, 2.75) is 0 Å². The lowest BCUT2D eigenvalue weighted by molar-refractivity contribution is 0.387. The van der Waals surface area contributed by atoms with Gasteiger partial charge in [0.1, 0.15) is 0 Å². The fraction of sp³-hybridized carbons (Fsp3) is 0. The van der Waals surface area contributed by atoms with Crippen LogP contribution in [-0.4, -0.2) is 25.1 Å². The van der Waals surface area contributed by atoms with Crippen LogP contribution in [0.1, 0.15) is 0 Å². The van der Waals surface area contributed by atoms with Crippen molar-refractivity contribution in [2.75, 3.05) is 0 Å². The zero-order valence-electron chi connectivity index (χ0n) is 9.07. The molecule has 0 saturated carbocycles. The summed E-state index contributed by atoms with van der Waals surface area (Å²) >= 11 is 0. The molecule has 0 bridgehead atoms. The largest absolute Gasteiger partial charge is 0.439 e. The maximum atomic E-state index is 10.9. The summed E-state index contributed by atoms with van der Waals surface area (Å²) in [6, 6.07) is 5.44. The molecule has 3 aromatic rings. The van der Waals surface area contributed by atoms with Crippen LogP contribution in [0.3, 0.4) is 0 Å². The fourth-order valence-corrected chi connectivity index (χ4v) is 1.47. The van der Waals surface area contributed by atoms with Crippen molar-refractivity contribution in [1.29, 1.82) is 0 Å². The molecule has 3 rings (SSSR count). The van der Waals surface area contributed by atoms with E-state index in [1.807, 2.05) is 12.1 Å². The first-order valence-electron chi connectivity index (χ1n) is 5.13. The van der Waals surface area contributed by atoms with Gasteiger partial charge >= 0.3 is 5.76 Å². The van der Waals surface area contributed by atoms with Crippen LogP contribution in [0.15, 0.2) is 46.1 Å². The van der Waals surface area contributed by atoms with E-state index in [2.05, 4.69) is 29.6 Å². The van der Waals surface area contributed by atoms with Crippen LogP contribution in [-0.2, 0) is 0 Å². The number of pyridine rings is 1. The summed E-state index contributed by atoms with van der Waals surface area (Å²) in [5.74, 6) is -0.145. The topological polar surface area (TPSA) is 97.6 Å². The Hall–Kier alpha value is -2.83. The van der Waals surface area contributed by atoms with Crippen molar-refractivity contribution in [3.63, 3.8) is 0 Å². The fourth-order valence-electron chi connectivity index (χ4n) is 1.47. The van der Waals surface area contributed by atoms with Crippen molar-refractivity contribution in [3.05, 3.63) is 47.3 Å². The molecule has 0 aliphatic rings. The number of nitrogens with zero attached hydrogens (tertiary/aromatic N) is 4. The van der Waals surface area contributed by atoms with Crippen LogP contribution >= 0.6 is 0 Å². The third-order valence-corrected chi connectivity index (χ3v) is 2.26. The predicted molar refractivity (Wildman–Crippen MR) is 61.4 cm³/mol. The molecule has 3 heterocycles. The van der Waals surface area contributed by atoms with Gasteiger partial charge in [0.15, 0.2) is 5.82 Å². The summed E-state index contributed by atoms with van der Waals surface area (Å²) in [4.78, 5) is 25.6. The molecular formula is C11H7N5O2. The van der Waals surface area contributed by atoms with Crippen molar-refractivity contribution >= 4 is 0 Å². The number of hydrogen-bond donors (Lipinski definition) is 1. The van der Waals surface area contributed by atoms with Crippen LogP contribution < -0.4 is 5.76 Å². The third-order valence-electron chi connectivity index (χ3n) is 2.26. The van der Waals surface area contributed by atoms with Gasteiger partial charge in [-0.3, -0.25) is 14.5 Å². The van der Waals surface area contributed by atoms with Crippen molar-refractivity contribution in [2.24, 2.45) is 0 Å². The molecule has 0 amide bonds. The Morgan fingerprint density at radius 3 is 2.89 bits per heavy atom. The van der Waals surface area contributed by atoms with Gasteiger partial charge < -0.3 is 0 Å². The molecule has 0 unspecified atom stereocenters. The van der Waals surface area contributed by atoms with Gasteiger partial charge in [-0.2, -0.15) is 0 Å². The predicted octanol–water partition coefficient (Wildman–Crippen LogP) is 0.882. The highest BCUT2D eigenvalue weighted by Crippen LogP contribution is 2.16. The molecule has 0 atom stereocenters. The minimum Gasteiger partial charge on any atom is -0.295 e. The van der Waals surface area contributed by atoms with E-state index in [0.717, 1.165) is 5.56 Å². The Kier molecular flexibility index (Phi) is 2.41. The normalized spacial score (nSPS) is 10.4. The molecular weight excluding hydrogens is 234 g/mol. The lowest BCUT2D eigenvalue weighted by Gasteiger charge is -2.00. The first-order chi connectivity index (χ1) is 8.83. The Bertz CT molecular complexity index is 719. The molecule has 3 aromatic heterocycles. The molecule has 0 aromatic carbocycles. The van der Waals surface area contributed by atoms with Gasteiger partial charge in [-0.05, 0) is 18.2 Å². The Balaban J connectivity index is 2.07. The van der Waals surface area contributed by atoms with Crippen LogP contribution in [0.4, 0.5) is 0 Å². The minimum atomic E-state index is -0.639. The van der Waals surface area contributed by atoms with E-state index in [0.29, 0.717) is 11.5 Å². The van der Waals surface area contributed by atoms with Gasteiger partial charge in [0, 0.05) is 24.2 Å². The van der Waals surface area contributed by atoms with E-state index in [9.17, 15) is 4.79 Å². The number of nitrogens with one attached hydrogen (secondary N) is 1. The summed E-state index contributed by atoms with van der Waals surface area (Å²) in [7, 11) is 0. The number of aromatic amines is 1. The second-order valence-corrected chi connectivity index (χ2v) is 3.45. The monoisotopic (exact) mass is 241 g/mol. The van der Waals surface area contributed by atoms with Crippen molar-refractivity contribution in [1.82, 2.24) is 25.1 Å². The van der Waals surface area contributed by atoms with Crippen LogP contribution in [0.2, 0.25) is 0 Å². The second kappa shape index (κ2) is 4.21. The van der Waals surface area contributed by atoms with E-state index < -0.39 is 5.76 Å².